The molecule has 23 heavy (non-hydrogen) atoms. The first-order valence-corrected chi connectivity index (χ1v) is 9.85. The van der Waals surface area contributed by atoms with E-state index in [1.807, 2.05) is 0 Å². The number of allylic oxidation sites excluding steroid dienone is 1. The van der Waals surface area contributed by atoms with Gasteiger partial charge in [-0.2, -0.15) is 0 Å². The van der Waals surface area contributed by atoms with E-state index >= 15 is 0 Å². The molecule has 0 bridgehead atoms. The number of nitrogens with zero attached hydrogens (tertiary/aromatic N) is 1. The summed E-state index contributed by atoms with van der Waals surface area (Å²) in [7, 11) is 0. The van der Waals surface area contributed by atoms with Crippen molar-refractivity contribution in [1.82, 2.24) is 4.90 Å². The molecule has 2 nitrogen and oxygen atoms in total. The van der Waals surface area contributed by atoms with Gasteiger partial charge in [-0.25, -0.2) is 0 Å². The lowest BCUT2D eigenvalue weighted by Gasteiger charge is -2.38. The molecule has 1 aliphatic carbocycles. The van der Waals surface area contributed by atoms with E-state index in [1.165, 1.54) is 32.1 Å². The molecule has 134 valence electrons. The van der Waals surface area contributed by atoms with E-state index in [2.05, 4.69) is 52.5 Å². The predicted octanol–water partition coefficient (Wildman–Crippen LogP) is 5.28. The zero-order valence-electron chi connectivity index (χ0n) is 16.4. The molecule has 2 atom stereocenters. The molecule has 0 radical (unpaired) electrons. The molecular formula is C21H39NO. The third kappa shape index (κ3) is 5.60. The largest absolute Gasteiger partial charge is 0.373 e. The van der Waals surface area contributed by atoms with Crippen LogP contribution >= 0.6 is 0 Å². The molecule has 0 amide bonds. The molecule has 0 spiro atoms. The molecule has 2 unspecified atom stereocenters. The minimum absolute atomic E-state index is 0.373. The number of morpholine rings is 1. The minimum atomic E-state index is 0.373. The second-order valence-corrected chi connectivity index (χ2v) is 8.92. The van der Waals surface area contributed by atoms with E-state index in [-0.39, 0.29) is 0 Å². The Labute approximate surface area is 144 Å². The standard InChI is InChI=1S/C21H39NO/c1-7-21(5,6)20-10-8-19(9-11-20)12-16(2)13-22-14-17(3)23-18(4)15-22/h12,17-20H,7-11,13-15H2,1-6H3. The second-order valence-electron chi connectivity index (χ2n) is 8.92. The molecule has 2 rings (SSSR count). The Bertz CT molecular complexity index is 383. The summed E-state index contributed by atoms with van der Waals surface area (Å²) in [4.78, 5) is 2.57. The Kier molecular flexibility index (Phi) is 6.74. The summed E-state index contributed by atoms with van der Waals surface area (Å²) in [6.45, 7) is 17.3. The van der Waals surface area contributed by atoms with Gasteiger partial charge >= 0.3 is 0 Å². The molecule has 0 N–H and O–H groups in total. The minimum Gasteiger partial charge on any atom is -0.373 e. The van der Waals surface area contributed by atoms with Gasteiger partial charge in [-0.15, -0.1) is 0 Å². The lowest BCUT2D eigenvalue weighted by molar-refractivity contribution is -0.0653. The number of hydrogen-bond donors (Lipinski definition) is 0. The van der Waals surface area contributed by atoms with Crippen LogP contribution in [0.4, 0.5) is 0 Å². The normalized spacial score (nSPS) is 34.6. The van der Waals surface area contributed by atoms with Crippen LogP contribution in [0.25, 0.3) is 0 Å². The number of hydrogen-bond acceptors (Lipinski definition) is 2. The second kappa shape index (κ2) is 8.16. The fourth-order valence-electron chi connectivity index (χ4n) is 4.58. The van der Waals surface area contributed by atoms with Crippen LogP contribution in [0.5, 0.6) is 0 Å². The Morgan fingerprint density at radius 1 is 1.09 bits per heavy atom. The molecule has 0 aromatic carbocycles. The topological polar surface area (TPSA) is 12.5 Å². The van der Waals surface area contributed by atoms with Gasteiger partial charge < -0.3 is 4.74 Å². The SMILES string of the molecule is CCC(C)(C)C1CCC(C=C(C)CN2CC(C)OC(C)C2)CC1. The zero-order chi connectivity index (χ0) is 17.0. The molecule has 0 aromatic heterocycles. The summed E-state index contributed by atoms with van der Waals surface area (Å²) in [6, 6.07) is 0. The Morgan fingerprint density at radius 3 is 2.17 bits per heavy atom. The summed E-state index contributed by atoms with van der Waals surface area (Å²) in [5.74, 6) is 1.74. The van der Waals surface area contributed by atoms with Gasteiger partial charge in [0.2, 0.25) is 0 Å². The summed E-state index contributed by atoms with van der Waals surface area (Å²) in [5.41, 5.74) is 2.09. The highest BCUT2D eigenvalue weighted by Gasteiger charge is 2.31. The van der Waals surface area contributed by atoms with Crippen molar-refractivity contribution in [2.45, 2.75) is 85.9 Å². The Morgan fingerprint density at radius 2 is 1.65 bits per heavy atom. The molecular weight excluding hydrogens is 282 g/mol. The van der Waals surface area contributed by atoms with Gasteiger partial charge in [0.1, 0.15) is 0 Å². The number of rotatable bonds is 5. The van der Waals surface area contributed by atoms with E-state index in [9.17, 15) is 0 Å². The van der Waals surface area contributed by atoms with Crippen LogP contribution in [0.3, 0.4) is 0 Å². The fourth-order valence-corrected chi connectivity index (χ4v) is 4.58. The first-order valence-electron chi connectivity index (χ1n) is 9.85. The van der Waals surface area contributed by atoms with E-state index in [0.717, 1.165) is 31.5 Å². The average molecular weight is 322 g/mol. The maximum atomic E-state index is 5.84. The average Bonchev–Trinajstić information content (AvgIpc) is 2.46. The highest BCUT2D eigenvalue weighted by Crippen LogP contribution is 2.42. The lowest BCUT2D eigenvalue weighted by atomic mass is 9.67. The first-order chi connectivity index (χ1) is 10.8. The van der Waals surface area contributed by atoms with Gasteiger partial charge in [0, 0.05) is 19.6 Å². The summed E-state index contributed by atoms with van der Waals surface area (Å²) < 4.78 is 5.84. The molecule has 1 saturated carbocycles. The van der Waals surface area contributed by atoms with Crippen LogP contribution in [0.2, 0.25) is 0 Å². The van der Waals surface area contributed by atoms with Gasteiger partial charge in [0.25, 0.3) is 0 Å². The van der Waals surface area contributed by atoms with Crippen LogP contribution in [-0.4, -0.2) is 36.7 Å². The van der Waals surface area contributed by atoms with E-state index in [0.29, 0.717) is 17.6 Å². The predicted molar refractivity (Wildman–Crippen MR) is 99.7 cm³/mol. The lowest BCUT2D eigenvalue weighted by Crippen LogP contribution is -2.45. The zero-order valence-corrected chi connectivity index (χ0v) is 16.4. The van der Waals surface area contributed by atoms with Crippen molar-refractivity contribution in [2.75, 3.05) is 19.6 Å². The van der Waals surface area contributed by atoms with Crippen molar-refractivity contribution in [3.05, 3.63) is 11.6 Å². The van der Waals surface area contributed by atoms with Crippen molar-refractivity contribution in [3.8, 4) is 0 Å². The van der Waals surface area contributed by atoms with Crippen molar-refractivity contribution >= 4 is 0 Å². The Hall–Kier alpha value is -0.340. The number of ether oxygens (including phenoxy) is 1. The van der Waals surface area contributed by atoms with Gasteiger partial charge in [-0.1, -0.05) is 38.8 Å². The van der Waals surface area contributed by atoms with Crippen LogP contribution in [-0.2, 0) is 4.74 Å². The summed E-state index contributed by atoms with van der Waals surface area (Å²) >= 11 is 0. The molecule has 2 heteroatoms. The van der Waals surface area contributed by atoms with Crippen LogP contribution in [0, 0.1) is 17.3 Å². The van der Waals surface area contributed by atoms with Gasteiger partial charge in [-0.3, -0.25) is 4.90 Å². The quantitative estimate of drug-likeness (QED) is 0.638. The smallest absolute Gasteiger partial charge is 0.0678 e. The molecule has 0 aromatic rings. The molecule has 2 fully saturated rings. The highest BCUT2D eigenvalue weighted by atomic mass is 16.5. The maximum Gasteiger partial charge on any atom is 0.0678 e. The molecule has 1 heterocycles. The molecule has 1 saturated heterocycles. The summed E-state index contributed by atoms with van der Waals surface area (Å²) in [6.07, 6.45) is 10.3. The van der Waals surface area contributed by atoms with E-state index < -0.39 is 0 Å². The van der Waals surface area contributed by atoms with Crippen LogP contribution in [0.1, 0.15) is 73.6 Å². The third-order valence-electron chi connectivity index (χ3n) is 6.28. The maximum absolute atomic E-state index is 5.84. The van der Waals surface area contributed by atoms with Crippen LogP contribution < -0.4 is 0 Å². The fraction of sp³-hybridized carbons (Fsp3) is 0.905. The molecule has 2 aliphatic rings. The monoisotopic (exact) mass is 321 g/mol. The van der Waals surface area contributed by atoms with E-state index in [1.54, 1.807) is 5.57 Å². The van der Waals surface area contributed by atoms with Crippen molar-refractivity contribution in [3.63, 3.8) is 0 Å². The van der Waals surface area contributed by atoms with E-state index in [4.69, 9.17) is 4.74 Å². The van der Waals surface area contributed by atoms with Crippen LogP contribution in [0.15, 0.2) is 11.6 Å². The highest BCUT2D eigenvalue weighted by molar-refractivity contribution is 5.05. The first kappa shape index (κ1) is 19.0. The van der Waals surface area contributed by atoms with Crippen molar-refractivity contribution in [2.24, 2.45) is 17.3 Å². The van der Waals surface area contributed by atoms with Gasteiger partial charge in [0.15, 0.2) is 0 Å². The van der Waals surface area contributed by atoms with Crippen molar-refractivity contribution < 1.29 is 4.74 Å². The van der Waals surface area contributed by atoms with Crippen molar-refractivity contribution in [1.29, 1.82) is 0 Å². The van der Waals surface area contributed by atoms with Gasteiger partial charge in [0.05, 0.1) is 12.2 Å². The molecule has 1 aliphatic heterocycles. The Balaban J connectivity index is 1.81. The summed E-state index contributed by atoms with van der Waals surface area (Å²) in [5, 5.41) is 0. The van der Waals surface area contributed by atoms with Gasteiger partial charge in [-0.05, 0) is 63.7 Å². The third-order valence-corrected chi connectivity index (χ3v) is 6.28.